The third-order valence-electron chi connectivity index (χ3n) is 2.40. The summed E-state index contributed by atoms with van der Waals surface area (Å²) in [5, 5.41) is 2.53. The zero-order chi connectivity index (χ0) is 14.0. The fourth-order valence-electron chi connectivity index (χ4n) is 1.60. The van der Waals surface area contributed by atoms with E-state index < -0.39 is 18.7 Å². The summed E-state index contributed by atoms with van der Waals surface area (Å²) < 4.78 is 35.4. The Hall–Kier alpha value is -2.09. The van der Waals surface area contributed by atoms with E-state index in [1.165, 1.54) is 12.1 Å². The van der Waals surface area contributed by atoms with Crippen LogP contribution in [0.1, 0.15) is 15.9 Å². The van der Waals surface area contributed by atoms with Crippen molar-refractivity contribution in [1.82, 2.24) is 5.48 Å². The molecule has 5 nitrogen and oxygen atoms in total. The first-order chi connectivity index (χ1) is 8.85. The SMILES string of the molecule is O=C1Cc2ccc(C(=O)NOCC(F)(F)F)cc2N1. The number of hydrogen-bond donors (Lipinski definition) is 2. The molecule has 1 aromatic carbocycles. The molecule has 8 heteroatoms. The number of alkyl halides is 3. The van der Waals surface area contributed by atoms with Crippen molar-refractivity contribution in [3.63, 3.8) is 0 Å². The molecule has 19 heavy (non-hydrogen) atoms. The van der Waals surface area contributed by atoms with Crippen LogP contribution < -0.4 is 10.8 Å². The van der Waals surface area contributed by atoms with Crippen LogP contribution in [0, 0.1) is 0 Å². The Bertz CT molecular complexity index is 528. The summed E-state index contributed by atoms with van der Waals surface area (Å²) in [7, 11) is 0. The molecule has 1 aromatic rings. The van der Waals surface area contributed by atoms with Crippen molar-refractivity contribution in [2.45, 2.75) is 12.6 Å². The van der Waals surface area contributed by atoms with Gasteiger partial charge in [0.25, 0.3) is 5.91 Å². The predicted octanol–water partition coefficient (Wildman–Crippen LogP) is 1.40. The Balaban J connectivity index is 1.97. The second-order valence-electron chi connectivity index (χ2n) is 3.93. The molecule has 0 saturated heterocycles. The summed E-state index contributed by atoms with van der Waals surface area (Å²) in [5.74, 6) is -1.01. The third-order valence-corrected chi connectivity index (χ3v) is 2.40. The molecule has 0 spiro atoms. The standard InChI is InChI=1S/C11H9F3N2O3/c12-11(13,14)5-19-16-10(18)7-2-1-6-4-9(17)15-8(6)3-7/h1-3H,4-5H2,(H,15,17)(H,16,18). The molecular weight excluding hydrogens is 265 g/mol. The third kappa shape index (κ3) is 3.44. The van der Waals surface area contributed by atoms with Gasteiger partial charge >= 0.3 is 6.18 Å². The van der Waals surface area contributed by atoms with Gasteiger partial charge < -0.3 is 5.32 Å². The monoisotopic (exact) mass is 274 g/mol. The van der Waals surface area contributed by atoms with Gasteiger partial charge in [-0.2, -0.15) is 13.2 Å². The molecule has 0 aliphatic carbocycles. The molecule has 2 N–H and O–H groups in total. The minimum absolute atomic E-state index is 0.100. The number of fused-ring (bicyclic) bond motifs is 1. The van der Waals surface area contributed by atoms with Gasteiger partial charge in [-0.3, -0.25) is 14.4 Å². The second-order valence-corrected chi connectivity index (χ2v) is 3.93. The van der Waals surface area contributed by atoms with E-state index in [0.717, 1.165) is 5.56 Å². The quantitative estimate of drug-likeness (QED) is 0.819. The van der Waals surface area contributed by atoms with Crippen LogP contribution in [0.3, 0.4) is 0 Å². The number of halogens is 3. The van der Waals surface area contributed by atoms with Gasteiger partial charge in [0, 0.05) is 11.3 Å². The van der Waals surface area contributed by atoms with Gasteiger partial charge in [0.2, 0.25) is 5.91 Å². The van der Waals surface area contributed by atoms with Crippen molar-refractivity contribution < 1.29 is 27.6 Å². The lowest BCUT2D eigenvalue weighted by molar-refractivity contribution is -0.184. The summed E-state index contributed by atoms with van der Waals surface area (Å²) in [6, 6.07) is 4.35. The molecule has 1 aliphatic rings. The van der Waals surface area contributed by atoms with Crippen LogP contribution in [-0.2, 0) is 16.1 Å². The summed E-state index contributed by atoms with van der Waals surface area (Å²) in [6.45, 7) is -1.57. The van der Waals surface area contributed by atoms with Crippen LogP contribution in [0.2, 0.25) is 0 Å². The van der Waals surface area contributed by atoms with Crippen molar-refractivity contribution in [2.24, 2.45) is 0 Å². The molecular formula is C11H9F3N2O3. The zero-order valence-electron chi connectivity index (χ0n) is 9.50. The number of carbonyl (C=O) groups excluding carboxylic acids is 2. The topological polar surface area (TPSA) is 67.4 Å². The Morgan fingerprint density at radius 3 is 2.84 bits per heavy atom. The zero-order valence-corrected chi connectivity index (χ0v) is 9.50. The van der Waals surface area contributed by atoms with Crippen molar-refractivity contribution in [3.05, 3.63) is 29.3 Å². The van der Waals surface area contributed by atoms with Crippen LogP contribution in [0.25, 0.3) is 0 Å². The van der Waals surface area contributed by atoms with Gasteiger partial charge in [-0.25, -0.2) is 5.48 Å². The highest BCUT2D eigenvalue weighted by molar-refractivity contribution is 6.02. The van der Waals surface area contributed by atoms with Crippen molar-refractivity contribution >= 4 is 17.5 Å². The largest absolute Gasteiger partial charge is 0.414 e. The first-order valence-electron chi connectivity index (χ1n) is 5.27. The van der Waals surface area contributed by atoms with Crippen LogP contribution in [0.15, 0.2) is 18.2 Å². The number of hydroxylamine groups is 1. The van der Waals surface area contributed by atoms with Crippen LogP contribution in [0.4, 0.5) is 18.9 Å². The first-order valence-corrected chi connectivity index (χ1v) is 5.27. The Morgan fingerprint density at radius 1 is 1.42 bits per heavy atom. The van der Waals surface area contributed by atoms with E-state index in [2.05, 4.69) is 10.2 Å². The van der Waals surface area contributed by atoms with E-state index >= 15 is 0 Å². The molecule has 1 aliphatic heterocycles. The normalized spacial score (nSPS) is 13.9. The lowest BCUT2D eigenvalue weighted by Crippen LogP contribution is -2.29. The fourth-order valence-corrected chi connectivity index (χ4v) is 1.60. The summed E-state index contributed by atoms with van der Waals surface area (Å²) >= 11 is 0. The van der Waals surface area contributed by atoms with E-state index in [0.29, 0.717) is 5.69 Å². The van der Waals surface area contributed by atoms with Crippen LogP contribution in [-0.4, -0.2) is 24.6 Å². The van der Waals surface area contributed by atoms with E-state index in [1.807, 2.05) is 0 Å². The highest BCUT2D eigenvalue weighted by Crippen LogP contribution is 2.24. The maximum absolute atomic E-state index is 11.8. The van der Waals surface area contributed by atoms with Crippen molar-refractivity contribution in [3.8, 4) is 0 Å². The second kappa shape index (κ2) is 4.88. The molecule has 0 aromatic heterocycles. The Labute approximate surface area is 105 Å². The van der Waals surface area contributed by atoms with E-state index in [-0.39, 0.29) is 17.9 Å². The average Bonchev–Trinajstić information content (AvgIpc) is 2.65. The molecule has 102 valence electrons. The van der Waals surface area contributed by atoms with Crippen molar-refractivity contribution in [2.75, 3.05) is 11.9 Å². The van der Waals surface area contributed by atoms with Crippen LogP contribution >= 0.6 is 0 Å². The molecule has 0 saturated carbocycles. The van der Waals surface area contributed by atoms with Gasteiger partial charge in [-0.1, -0.05) is 6.07 Å². The van der Waals surface area contributed by atoms with Crippen molar-refractivity contribution in [1.29, 1.82) is 0 Å². The molecule has 1 heterocycles. The number of anilines is 1. The predicted molar refractivity (Wildman–Crippen MR) is 58.2 cm³/mol. The fraction of sp³-hybridized carbons (Fsp3) is 0.273. The molecule has 0 bridgehead atoms. The van der Waals surface area contributed by atoms with Gasteiger partial charge in [0.05, 0.1) is 6.42 Å². The van der Waals surface area contributed by atoms with E-state index in [9.17, 15) is 22.8 Å². The maximum atomic E-state index is 11.8. The molecule has 0 unspecified atom stereocenters. The highest BCUT2D eigenvalue weighted by Gasteiger charge is 2.28. The number of benzene rings is 1. The lowest BCUT2D eigenvalue weighted by atomic mass is 10.1. The van der Waals surface area contributed by atoms with E-state index in [4.69, 9.17) is 0 Å². The van der Waals surface area contributed by atoms with E-state index in [1.54, 1.807) is 11.5 Å². The van der Waals surface area contributed by atoms with Gasteiger partial charge in [-0.05, 0) is 17.7 Å². The minimum Gasteiger partial charge on any atom is -0.326 e. The Morgan fingerprint density at radius 2 is 2.16 bits per heavy atom. The summed E-state index contributed by atoms with van der Waals surface area (Å²) in [4.78, 5) is 26.6. The first kappa shape index (κ1) is 13.3. The van der Waals surface area contributed by atoms with Crippen LogP contribution in [0.5, 0.6) is 0 Å². The number of nitrogens with one attached hydrogen (secondary N) is 2. The number of hydrogen-bond acceptors (Lipinski definition) is 3. The number of rotatable bonds is 3. The summed E-state index contributed by atoms with van der Waals surface area (Å²) in [5.41, 5.74) is 3.00. The number of carbonyl (C=O) groups is 2. The molecule has 0 atom stereocenters. The molecule has 0 radical (unpaired) electrons. The average molecular weight is 274 g/mol. The summed E-state index contributed by atoms with van der Waals surface area (Å²) in [6.07, 6.45) is -4.29. The maximum Gasteiger partial charge on any atom is 0.414 e. The lowest BCUT2D eigenvalue weighted by Gasteiger charge is -2.09. The smallest absolute Gasteiger partial charge is 0.326 e. The molecule has 2 amide bonds. The highest BCUT2D eigenvalue weighted by atomic mass is 19.4. The Kier molecular flexibility index (Phi) is 3.43. The van der Waals surface area contributed by atoms with Gasteiger partial charge in [0.1, 0.15) is 0 Å². The van der Waals surface area contributed by atoms with Gasteiger partial charge in [-0.15, -0.1) is 0 Å². The molecule has 2 rings (SSSR count). The molecule has 0 fully saturated rings. The minimum atomic E-state index is -4.51. The number of amides is 2. The van der Waals surface area contributed by atoms with Gasteiger partial charge in [0.15, 0.2) is 6.61 Å².